The van der Waals surface area contributed by atoms with E-state index in [9.17, 15) is 9.18 Å². The highest BCUT2D eigenvalue weighted by molar-refractivity contribution is 5.76. The summed E-state index contributed by atoms with van der Waals surface area (Å²) in [4.78, 5) is 18.9. The van der Waals surface area contributed by atoms with E-state index in [0.717, 1.165) is 13.1 Å². The minimum absolute atomic E-state index is 0.0243. The first-order chi connectivity index (χ1) is 13.3. The summed E-state index contributed by atoms with van der Waals surface area (Å²) >= 11 is 0. The molecule has 6 heteroatoms. The predicted molar refractivity (Wildman–Crippen MR) is 107 cm³/mol. The molecule has 28 heavy (non-hydrogen) atoms. The minimum atomic E-state index is -0.350. The molecule has 1 aromatic heterocycles. The van der Waals surface area contributed by atoms with Crippen molar-refractivity contribution in [2.45, 2.75) is 52.0 Å². The summed E-state index contributed by atoms with van der Waals surface area (Å²) in [5, 5.41) is 3.04. The molecule has 1 aliphatic heterocycles. The zero-order valence-corrected chi connectivity index (χ0v) is 17.0. The van der Waals surface area contributed by atoms with E-state index >= 15 is 0 Å². The fourth-order valence-corrected chi connectivity index (χ4v) is 3.69. The summed E-state index contributed by atoms with van der Waals surface area (Å²) in [7, 11) is 0. The Bertz CT molecular complexity index is 803. The van der Waals surface area contributed by atoms with Gasteiger partial charge in [-0.2, -0.15) is 0 Å². The molecule has 1 saturated heterocycles. The number of amides is 1. The van der Waals surface area contributed by atoms with E-state index in [1.54, 1.807) is 18.2 Å². The van der Waals surface area contributed by atoms with Gasteiger partial charge in [0.15, 0.2) is 11.7 Å². The molecule has 1 N–H and O–H groups in total. The lowest BCUT2D eigenvalue weighted by atomic mass is 9.93. The van der Waals surface area contributed by atoms with Crippen LogP contribution in [0.25, 0.3) is 11.3 Å². The van der Waals surface area contributed by atoms with Crippen LogP contribution in [0, 0.1) is 11.7 Å². The van der Waals surface area contributed by atoms with Gasteiger partial charge in [-0.1, -0.05) is 19.1 Å². The quantitative estimate of drug-likeness (QED) is 0.779. The Hall–Kier alpha value is -2.21. The minimum Gasteiger partial charge on any atom is -0.441 e. The number of nitrogens with zero attached hydrogens (tertiary/aromatic N) is 2. The van der Waals surface area contributed by atoms with Crippen molar-refractivity contribution in [3.63, 3.8) is 0 Å². The van der Waals surface area contributed by atoms with Gasteiger partial charge in [-0.05, 0) is 51.3 Å². The maximum atomic E-state index is 13.8. The van der Waals surface area contributed by atoms with E-state index in [2.05, 4.69) is 36.0 Å². The monoisotopic (exact) mass is 387 g/mol. The van der Waals surface area contributed by atoms with E-state index in [0.29, 0.717) is 42.5 Å². The summed E-state index contributed by atoms with van der Waals surface area (Å²) in [5.74, 6) is 1.16. The Morgan fingerprint density at radius 3 is 2.93 bits per heavy atom. The molecule has 1 unspecified atom stereocenters. The Kier molecular flexibility index (Phi) is 6.50. The third-order valence-corrected chi connectivity index (χ3v) is 5.49. The highest BCUT2D eigenvalue weighted by atomic mass is 19.1. The first kappa shape index (κ1) is 20.5. The van der Waals surface area contributed by atoms with Gasteiger partial charge in [-0.3, -0.25) is 9.69 Å². The number of halogens is 1. The topological polar surface area (TPSA) is 58.4 Å². The van der Waals surface area contributed by atoms with Crippen LogP contribution >= 0.6 is 0 Å². The number of nitrogens with one attached hydrogen (secondary N) is 1. The Morgan fingerprint density at radius 2 is 2.18 bits per heavy atom. The van der Waals surface area contributed by atoms with E-state index in [1.165, 1.54) is 25.1 Å². The van der Waals surface area contributed by atoms with Crippen molar-refractivity contribution in [2.75, 3.05) is 19.6 Å². The fraction of sp³-hybridized carbons (Fsp3) is 0.545. The third kappa shape index (κ3) is 5.19. The van der Waals surface area contributed by atoms with E-state index in [4.69, 9.17) is 4.42 Å². The van der Waals surface area contributed by atoms with E-state index < -0.39 is 0 Å². The molecule has 0 saturated carbocycles. The Balaban J connectivity index is 1.48. The van der Waals surface area contributed by atoms with Crippen molar-refractivity contribution < 1.29 is 13.6 Å². The Labute approximate surface area is 166 Å². The first-order valence-corrected chi connectivity index (χ1v) is 10.1. The molecule has 3 rings (SSSR count). The second-order valence-electron chi connectivity index (χ2n) is 8.38. The van der Waals surface area contributed by atoms with E-state index in [1.807, 2.05) is 0 Å². The maximum absolute atomic E-state index is 13.8. The smallest absolute Gasteiger partial charge is 0.220 e. The Morgan fingerprint density at radius 1 is 1.39 bits per heavy atom. The molecule has 0 bridgehead atoms. The summed E-state index contributed by atoms with van der Waals surface area (Å²) < 4.78 is 19.4. The van der Waals surface area contributed by atoms with Gasteiger partial charge in [0.2, 0.25) is 5.91 Å². The zero-order valence-electron chi connectivity index (χ0n) is 17.0. The van der Waals surface area contributed by atoms with Crippen molar-refractivity contribution in [1.82, 2.24) is 15.2 Å². The number of benzene rings is 1. The predicted octanol–water partition coefficient (Wildman–Crippen LogP) is 4.04. The van der Waals surface area contributed by atoms with Gasteiger partial charge < -0.3 is 9.73 Å². The molecule has 1 amide bonds. The lowest BCUT2D eigenvalue weighted by Crippen LogP contribution is -2.54. The maximum Gasteiger partial charge on any atom is 0.220 e. The molecule has 1 aromatic carbocycles. The van der Waals surface area contributed by atoms with Gasteiger partial charge in [0.1, 0.15) is 5.82 Å². The van der Waals surface area contributed by atoms with Crippen molar-refractivity contribution in [2.24, 2.45) is 5.92 Å². The van der Waals surface area contributed by atoms with Crippen molar-refractivity contribution in [3.8, 4) is 11.3 Å². The number of carbonyl (C=O) groups is 1. The summed E-state index contributed by atoms with van der Waals surface area (Å²) in [6.45, 7) is 9.43. The van der Waals surface area contributed by atoms with Crippen LogP contribution in [0.4, 0.5) is 4.39 Å². The highest BCUT2D eigenvalue weighted by Crippen LogP contribution is 2.24. The van der Waals surface area contributed by atoms with Crippen LogP contribution in [0.1, 0.15) is 45.9 Å². The summed E-state index contributed by atoms with van der Waals surface area (Å²) in [5.41, 5.74) is 0.314. The normalized spacial score (nSPS) is 18.2. The highest BCUT2D eigenvalue weighted by Gasteiger charge is 2.30. The average molecular weight is 387 g/mol. The molecule has 0 radical (unpaired) electrons. The molecular weight excluding hydrogens is 357 g/mol. The van der Waals surface area contributed by atoms with Crippen LogP contribution in [0.5, 0.6) is 0 Å². The average Bonchev–Trinajstić information content (AvgIpc) is 3.14. The number of oxazole rings is 1. The molecular formula is C22H30FN3O2. The molecule has 2 aromatic rings. The van der Waals surface area contributed by atoms with Crippen LogP contribution < -0.4 is 5.32 Å². The van der Waals surface area contributed by atoms with Crippen LogP contribution in [0.2, 0.25) is 0 Å². The second kappa shape index (κ2) is 8.86. The SMILES string of the molecule is CC1CCCN(C(C)(C)CNC(=O)CCc2ncc(-c3ccccc3F)o2)C1. The number of rotatable bonds is 7. The molecule has 2 heterocycles. The first-order valence-electron chi connectivity index (χ1n) is 10.1. The van der Waals surface area contributed by atoms with Crippen LogP contribution in [-0.2, 0) is 11.2 Å². The summed E-state index contributed by atoms with van der Waals surface area (Å²) in [6, 6.07) is 6.41. The van der Waals surface area contributed by atoms with Crippen LogP contribution in [0.15, 0.2) is 34.9 Å². The number of hydrogen-bond donors (Lipinski definition) is 1. The number of likely N-dealkylation sites (tertiary alicyclic amines) is 1. The number of carbonyl (C=O) groups excluding carboxylic acids is 1. The van der Waals surface area contributed by atoms with Gasteiger partial charge in [-0.15, -0.1) is 0 Å². The standard InChI is InChI=1S/C22H30FN3O2/c1-16-7-6-12-26(14-16)22(2,3)15-25-20(27)10-11-21-24-13-19(28-21)17-8-4-5-9-18(17)23/h4-5,8-9,13,16H,6-7,10-12,14-15H2,1-3H3,(H,25,27). The van der Waals surface area contributed by atoms with Gasteiger partial charge in [-0.25, -0.2) is 9.37 Å². The van der Waals surface area contributed by atoms with Crippen molar-refractivity contribution in [1.29, 1.82) is 0 Å². The second-order valence-corrected chi connectivity index (χ2v) is 8.38. The lowest BCUT2D eigenvalue weighted by molar-refractivity contribution is -0.121. The number of hydrogen-bond acceptors (Lipinski definition) is 4. The van der Waals surface area contributed by atoms with Gasteiger partial charge in [0.05, 0.1) is 11.8 Å². The lowest BCUT2D eigenvalue weighted by Gasteiger charge is -2.43. The molecule has 1 atom stereocenters. The molecule has 0 aliphatic carbocycles. The zero-order chi connectivity index (χ0) is 20.1. The molecule has 5 nitrogen and oxygen atoms in total. The molecule has 1 aliphatic rings. The number of aromatic nitrogens is 1. The third-order valence-electron chi connectivity index (χ3n) is 5.49. The summed E-state index contributed by atoms with van der Waals surface area (Å²) in [6.07, 6.45) is 4.69. The number of piperidine rings is 1. The van der Waals surface area contributed by atoms with Gasteiger partial charge in [0.25, 0.3) is 0 Å². The molecule has 0 spiro atoms. The molecule has 1 fully saturated rings. The van der Waals surface area contributed by atoms with Crippen molar-refractivity contribution >= 4 is 5.91 Å². The molecule has 152 valence electrons. The van der Waals surface area contributed by atoms with Gasteiger partial charge >= 0.3 is 0 Å². The van der Waals surface area contributed by atoms with Crippen LogP contribution in [-0.4, -0.2) is 41.0 Å². The van der Waals surface area contributed by atoms with Gasteiger partial charge in [0, 0.05) is 31.5 Å². The van der Waals surface area contributed by atoms with Crippen LogP contribution in [0.3, 0.4) is 0 Å². The fourth-order valence-electron chi connectivity index (χ4n) is 3.69. The number of aryl methyl sites for hydroxylation is 1. The van der Waals surface area contributed by atoms with Crippen molar-refractivity contribution in [3.05, 3.63) is 42.2 Å². The van der Waals surface area contributed by atoms with E-state index in [-0.39, 0.29) is 17.3 Å². The largest absolute Gasteiger partial charge is 0.441 e.